The fourth-order valence-electron chi connectivity index (χ4n) is 4.62. The van der Waals surface area contributed by atoms with Gasteiger partial charge in [-0.05, 0) is 67.9 Å². The second-order valence-electron chi connectivity index (χ2n) is 9.20. The lowest BCUT2D eigenvalue weighted by Gasteiger charge is -2.30. The number of nitrogens with one attached hydrogen (secondary N) is 2. The smallest absolute Gasteiger partial charge is 0.307 e. The molecule has 0 aliphatic carbocycles. The molecule has 3 N–H and O–H groups in total. The molecule has 0 amide bonds. The number of H-pyrrole nitrogens is 1. The van der Waals surface area contributed by atoms with Crippen LogP contribution in [-0.2, 0) is 11.2 Å². The number of aliphatic carboxylic acids is 1. The van der Waals surface area contributed by atoms with Crippen LogP contribution in [0, 0.1) is 12.8 Å². The number of anilines is 2. The normalized spacial score (nSPS) is 16.2. The Morgan fingerprint density at radius 1 is 1.19 bits per heavy atom. The van der Waals surface area contributed by atoms with Gasteiger partial charge >= 0.3 is 5.97 Å². The van der Waals surface area contributed by atoms with E-state index in [1.807, 2.05) is 43.3 Å². The van der Waals surface area contributed by atoms with E-state index in [9.17, 15) is 14.7 Å². The van der Waals surface area contributed by atoms with Gasteiger partial charge in [-0.2, -0.15) is 0 Å². The van der Waals surface area contributed by atoms with E-state index < -0.39 is 5.97 Å². The first-order valence-electron chi connectivity index (χ1n) is 12.1. The number of likely N-dealkylation sites (tertiary alicyclic amines) is 1. The van der Waals surface area contributed by atoms with Crippen LogP contribution in [0.5, 0.6) is 0 Å². The summed E-state index contributed by atoms with van der Waals surface area (Å²) < 4.78 is 0. The molecule has 1 saturated heterocycles. The molecule has 0 bridgehead atoms. The van der Waals surface area contributed by atoms with E-state index in [-0.39, 0.29) is 11.5 Å². The molecule has 0 spiro atoms. The van der Waals surface area contributed by atoms with Crippen molar-refractivity contribution in [2.75, 3.05) is 25.0 Å². The number of aromatic nitrogens is 4. The molecule has 5 rings (SSSR count). The molecule has 36 heavy (non-hydrogen) atoms. The Morgan fingerprint density at radius 2 is 1.97 bits per heavy atom. The van der Waals surface area contributed by atoms with Crippen molar-refractivity contribution in [1.82, 2.24) is 24.8 Å². The van der Waals surface area contributed by atoms with Gasteiger partial charge in [-0.3, -0.25) is 9.59 Å². The highest BCUT2D eigenvalue weighted by molar-refractivity contribution is 5.95. The number of benzene rings is 1. The van der Waals surface area contributed by atoms with Gasteiger partial charge in [-0.15, -0.1) is 0 Å². The number of hydrogen-bond acceptors (Lipinski definition) is 7. The van der Waals surface area contributed by atoms with E-state index in [0.29, 0.717) is 29.3 Å². The molecular weight excluding hydrogens is 456 g/mol. The second-order valence-corrected chi connectivity index (χ2v) is 9.20. The highest BCUT2D eigenvalue weighted by Crippen LogP contribution is 2.27. The minimum absolute atomic E-state index is 0.216. The summed E-state index contributed by atoms with van der Waals surface area (Å²) in [6.07, 6.45) is 7.60. The number of piperidine rings is 1. The summed E-state index contributed by atoms with van der Waals surface area (Å²) in [4.78, 5) is 42.2. The first-order chi connectivity index (χ1) is 17.5. The van der Waals surface area contributed by atoms with E-state index in [1.54, 1.807) is 18.6 Å². The Labute approximate surface area is 208 Å². The van der Waals surface area contributed by atoms with Gasteiger partial charge in [0.05, 0.1) is 17.0 Å². The standard InChI is InChI=1S/C27H28N6O3/c1-17-29-14-21(15-30-17)23-13-19-8-10-28-26(34)24(19)25(32-23)31-22-6-4-18(5-7-22)9-12-33-11-2-3-20(16-33)27(35)36/h4-8,10,13-15,20H,2-3,9,11-12,16H2,1H3,(H,28,34)(H,31,32)(H,35,36). The van der Waals surface area contributed by atoms with Gasteiger partial charge in [0.1, 0.15) is 11.6 Å². The summed E-state index contributed by atoms with van der Waals surface area (Å²) >= 11 is 0. The maximum absolute atomic E-state index is 12.6. The third-order valence-corrected chi connectivity index (χ3v) is 6.62. The predicted octanol–water partition coefficient (Wildman–Crippen LogP) is 3.77. The first kappa shape index (κ1) is 23.6. The average molecular weight is 485 g/mol. The van der Waals surface area contributed by atoms with Crippen molar-refractivity contribution >= 4 is 28.2 Å². The second kappa shape index (κ2) is 10.2. The Hall–Kier alpha value is -4.11. The number of fused-ring (bicyclic) bond motifs is 1. The van der Waals surface area contributed by atoms with E-state index in [1.165, 1.54) is 5.56 Å². The lowest BCUT2D eigenvalue weighted by atomic mass is 9.98. The molecular formula is C27H28N6O3. The van der Waals surface area contributed by atoms with Crippen LogP contribution in [0.4, 0.5) is 11.5 Å². The summed E-state index contributed by atoms with van der Waals surface area (Å²) in [6.45, 7) is 4.22. The number of nitrogens with zero attached hydrogens (tertiary/aromatic N) is 4. The van der Waals surface area contributed by atoms with Crippen molar-refractivity contribution in [3.63, 3.8) is 0 Å². The van der Waals surface area contributed by atoms with Crippen LogP contribution in [0.1, 0.15) is 24.2 Å². The number of rotatable bonds is 7. The Kier molecular flexibility index (Phi) is 6.73. The zero-order valence-electron chi connectivity index (χ0n) is 20.1. The summed E-state index contributed by atoms with van der Waals surface area (Å²) in [7, 11) is 0. The topological polar surface area (TPSA) is 124 Å². The fraction of sp³-hybridized carbons (Fsp3) is 0.296. The van der Waals surface area contributed by atoms with Crippen LogP contribution in [0.2, 0.25) is 0 Å². The van der Waals surface area contributed by atoms with E-state index in [4.69, 9.17) is 4.98 Å². The van der Waals surface area contributed by atoms with Gasteiger partial charge in [0.15, 0.2) is 0 Å². The van der Waals surface area contributed by atoms with Gasteiger partial charge in [-0.1, -0.05) is 12.1 Å². The Balaban J connectivity index is 1.34. The number of carboxylic acid groups (broad SMARTS) is 1. The van der Waals surface area contributed by atoms with Gasteiger partial charge < -0.3 is 20.3 Å². The monoisotopic (exact) mass is 484 g/mol. The molecule has 0 saturated carbocycles. The molecule has 1 unspecified atom stereocenters. The van der Waals surface area contributed by atoms with Crippen molar-refractivity contribution < 1.29 is 9.90 Å². The average Bonchev–Trinajstić information content (AvgIpc) is 2.89. The third kappa shape index (κ3) is 5.26. The molecule has 0 radical (unpaired) electrons. The number of carboxylic acids is 1. The minimum Gasteiger partial charge on any atom is -0.481 e. The zero-order valence-corrected chi connectivity index (χ0v) is 20.1. The zero-order chi connectivity index (χ0) is 25.1. The number of aryl methyl sites for hydroxylation is 1. The molecule has 9 heteroatoms. The van der Waals surface area contributed by atoms with Gasteiger partial charge in [0, 0.05) is 42.9 Å². The molecule has 1 aliphatic rings. The number of pyridine rings is 2. The minimum atomic E-state index is -0.700. The Bertz CT molecular complexity index is 1430. The SMILES string of the molecule is Cc1ncc(-c2cc3cc[nH]c(=O)c3c(Nc3ccc(CCN4CCCC(C(=O)O)C4)cc3)n2)cn1. The molecule has 9 nitrogen and oxygen atoms in total. The summed E-state index contributed by atoms with van der Waals surface area (Å²) in [5.74, 6) is 0.175. The van der Waals surface area contributed by atoms with Crippen molar-refractivity contribution in [3.8, 4) is 11.3 Å². The summed E-state index contributed by atoms with van der Waals surface area (Å²) in [5, 5.41) is 13.9. The fourth-order valence-corrected chi connectivity index (χ4v) is 4.62. The summed E-state index contributed by atoms with van der Waals surface area (Å²) in [5.41, 5.74) is 3.21. The van der Waals surface area contributed by atoms with Crippen molar-refractivity contribution in [2.45, 2.75) is 26.2 Å². The maximum Gasteiger partial charge on any atom is 0.307 e. The molecule has 1 atom stereocenters. The van der Waals surface area contributed by atoms with Crippen LogP contribution in [0.3, 0.4) is 0 Å². The Morgan fingerprint density at radius 3 is 2.72 bits per heavy atom. The number of hydrogen-bond donors (Lipinski definition) is 3. The van der Waals surface area contributed by atoms with E-state index in [0.717, 1.165) is 49.0 Å². The molecule has 184 valence electrons. The molecule has 4 aromatic rings. The molecule has 1 aliphatic heterocycles. The van der Waals surface area contributed by atoms with Gasteiger partial charge in [0.25, 0.3) is 5.56 Å². The highest BCUT2D eigenvalue weighted by atomic mass is 16.4. The lowest BCUT2D eigenvalue weighted by molar-refractivity contribution is -0.143. The first-order valence-corrected chi connectivity index (χ1v) is 12.1. The van der Waals surface area contributed by atoms with Gasteiger partial charge in [-0.25, -0.2) is 15.0 Å². The van der Waals surface area contributed by atoms with Crippen LogP contribution in [0.25, 0.3) is 22.0 Å². The lowest BCUT2D eigenvalue weighted by Crippen LogP contribution is -2.39. The van der Waals surface area contributed by atoms with E-state index >= 15 is 0 Å². The third-order valence-electron chi connectivity index (χ3n) is 6.62. The molecule has 1 aromatic carbocycles. The van der Waals surface area contributed by atoms with Gasteiger partial charge in [0.2, 0.25) is 0 Å². The van der Waals surface area contributed by atoms with Crippen LogP contribution in [-0.4, -0.2) is 55.5 Å². The molecule has 4 heterocycles. The highest BCUT2D eigenvalue weighted by Gasteiger charge is 2.24. The molecule has 3 aromatic heterocycles. The predicted molar refractivity (Wildman–Crippen MR) is 138 cm³/mol. The largest absolute Gasteiger partial charge is 0.481 e. The van der Waals surface area contributed by atoms with Crippen LogP contribution in [0.15, 0.2) is 59.8 Å². The number of carbonyl (C=O) groups is 1. The van der Waals surface area contributed by atoms with Crippen LogP contribution >= 0.6 is 0 Å². The number of aromatic amines is 1. The summed E-state index contributed by atoms with van der Waals surface area (Å²) in [6, 6.07) is 11.7. The van der Waals surface area contributed by atoms with Crippen molar-refractivity contribution in [1.29, 1.82) is 0 Å². The van der Waals surface area contributed by atoms with E-state index in [2.05, 4.69) is 25.2 Å². The van der Waals surface area contributed by atoms with Crippen molar-refractivity contribution in [2.24, 2.45) is 5.92 Å². The quantitative estimate of drug-likeness (QED) is 0.362. The maximum atomic E-state index is 12.6. The van der Waals surface area contributed by atoms with Crippen molar-refractivity contribution in [3.05, 3.63) is 76.7 Å². The molecule has 1 fully saturated rings. The van der Waals surface area contributed by atoms with Crippen LogP contribution < -0.4 is 10.9 Å².